The van der Waals surface area contributed by atoms with Gasteiger partial charge in [-0.15, -0.1) is 6.58 Å². The van der Waals surface area contributed by atoms with Crippen molar-refractivity contribution < 1.29 is 24.3 Å². The molecular weight excluding hydrogens is 264 g/mol. The van der Waals surface area contributed by atoms with Crippen LogP contribution in [-0.2, 0) is 0 Å². The highest BCUT2D eigenvalue weighted by Gasteiger charge is 2.31. The van der Waals surface area contributed by atoms with E-state index < -0.39 is 23.7 Å². The van der Waals surface area contributed by atoms with Crippen molar-refractivity contribution in [2.75, 3.05) is 6.54 Å². The molecule has 3 amide bonds. The lowest BCUT2D eigenvalue weighted by Gasteiger charge is -2.07. The van der Waals surface area contributed by atoms with E-state index >= 15 is 0 Å². The molecule has 1 aromatic rings. The Labute approximate surface area is 113 Å². The third-order valence-corrected chi connectivity index (χ3v) is 2.76. The van der Waals surface area contributed by atoms with Gasteiger partial charge in [-0.1, -0.05) is 6.08 Å². The van der Waals surface area contributed by atoms with E-state index in [0.29, 0.717) is 0 Å². The zero-order valence-electron chi connectivity index (χ0n) is 10.2. The number of hydrogen-bond acceptors (Lipinski definition) is 4. The maximum atomic E-state index is 11.9. The minimum absolute atomic E-state index is 0.0104. The summed E-state index contributed by atoms with van der Waals surface area (Å²) in [6, 6.07) is 2.14. The quantitative estimate of drug-likeness (QED) is 0.535. The average molecular weight is 274 g/mol. The van der Waals surface area contributed by atoms with Gasteiger partial charge in [-0.05, 0) is 12.1 Å². The summed E-state index contributed by atoms with van der Waals surface area (Å²) in [4.78, 5) is 46.0. The second-order valence-corrected chi connectivity index (χ2v) is 4.03. The van der Waals surface area contributed by atoms with Crippen LogP contribution in [0.5, 0.6) is 0 Å². The van der Waals surface area contributed by atoms with Gasteiger partial charge in [0.15, 0.2) is 0 Å². The van der Waals surface area contributed by atoms with Gasteiger partial charge in [0.05, 0.1) is 22.3 Å². The highest BCUT2D eigenvalue weighted by Crippen LogP contribution is 2.21. The molecule has 7 heteroatoms. The lowest BCUT2D eigenvalue weighted by molar-refractivity contribution is 0.0690. The Kier molecular flexibility index (Phi) is 3.34. The smallest absolute Gasteiger partial charge is 0.336 e. The number of fused-ring (bicyclic) bond motifs is 1. The van der Waals surface area contributed by atoms with Gasteiger partial charge in [0.1, 0.15) is 0 Å². The third-order valence-electron chi connectivity index (χ3n) is 2.76. The molecule has 2 rings (SSSR count). The van der Waals surface area contributed by atoms with Crippen LogP contribution in [0.3, 0.4) is 0 Å². The van der Waals surface area contributed by atoms with E-state index in [4.69, 9.17) is 5.11 Å². The fourth-order valence-corrected chi connectivity index (χ4v) is 1.84. The van der Waals surface area contributed by atoms with Gasteiger partial charge in [0.25, 0.3) is 17.7 Å². The van der Waals surface area contributed by atoms with Gasteiger partial charge in [0, 0.05) is 6.54 Å². The predicted octanol–water partition coefficient (Wildman–Crippen LogP) is 0.184. The summed E-state index contributed by atoms with van der Waals surface area (Å²) in [5.74, 6) is -3.34. The van der Waals surface area contributed by atoms with Gasteiger partial charge in [-0.25, -0.2) is 4.79 Å². The van der Waals surface area contributed by atoms with Crippen LogP contribution in [0.2, 0.25) is 0 Å². The molecule has 7 nitrogen and oxygen atoms in total. The zero-order chi connectivity index (χ0) is 14.9. The Balaban J connectivity index is 2.56. The van der Waals surface area contributed by atoms with Crippen molar-refractivity contribution in [3.05, 3.63) is 47.0 Å². The lowest BCUT2D eigenvalue weighted by atomic mass is 9.99. The molecule has 1 aliphatic rings. The number of carbonyl (C=O) groups is 4. The largest absolute Gasteiger partial charge is 0.478 e. The van der Waals surface area contributed by atoms with E-state index in [-0.39, 0.29) is 28.8 Å². The molecule has 0 bridgehead atoms. The Morgan fingerprint density at radius 3 is 2.25 bits per heavy atom. The molecule has 0 aromatic heterocycles. The van der Waals surface area contributed by atoms with Crippen LogP contribution in [-0.4, -0.2) is 35.3 Å². The van der Waals surface area contributed by atoms with Gasteiger partial charge < -0.3 is 10.4 Å². The molecule has 0 unspecified atom stereocenters. The molecule has 0 aliphatic carbocycles. The molecule has 0 radical (unpaired) electrons. The SMILES string of the molecule is C=CCNC(=O)c1cc2c(cc1C(=O)O)C(=O)NC2=O. The Morgan fingerprint density at radius 2 is 1.75 bits per heavy atom. The van der Waals surface area contributed by atoms with Gasteiger partial charge >= 0.3 is 5.97 Å². The molecule has 0 atom stereocenters. The maximum absolute atomic E-state index is 11.9. The van der Waals surface area contributed by atoms with Crippen molar-refractivity contribution in [3.63, 3.8) is 0 Å². The Morgan fingerprint density at radius 1 is 1.20 bits per heavy atom. The number of amides is 3. The highest BCUT2D eigenvalue weighted by atomic mass is 16.4. The molecule has 1 aliphatic heterocycles. The molecule has 1 aromatic carbocycles. The molecule has 0 fully saturated rings. The first-order valence-electron chi connectivity index (χ1n) is 5.61. The number of carboxylic acid groups (broad SMARTS) is 1. The van der Waals surface area contributed by atoms with Crippen molar-refractivity contribution >= 4 is 23.7 Å². The number of hydrogen-bond donors (Lipinski definition) is 3. The van der Waals surface area contributed by atoms with Crippen molar-refractivity contribution in [1.29, 1.82) is 0 Å². The number of rotatable bonds is 4. The van der Waals surface area contributed by atoms with Crippen LogP contribution in [0.15, 0.2) is 24.8 Å². The second-order valence-electron chi connectivity index (χ2n) is 4.03. The molecule has 0 spiro atoms. The first-order valence-corrected chi connectivity index (χ1v) is 5.61. The van der Waals surface area contributed by atoms with Crippen LogP contribution in [0, 0.1) is 0 Å². The fourth-order valence-electron chi connectivity index (χ4n) is 1.84. The number of carbonyl (C=O) groups excluding carboxylic acids is 3. The molecular formula is C13H10N2O5. The molecule has 0 saturated heterocycles. The van der Waals surface area contributed by atoms with E-state index in [1.807, 2.05) is 5.32 Å². The molecule has 3 N–H and O–H groups in total. The van der Waals surface area contributed by atoms with Gasteiger partial charge in [-0.3, -0.25) is 19.7 Å². The Hall–Kier alpha value is -2.96. The highest BCUT2D eigenvalue weighted by molar-refractivity contribution is 6.23. The van der Waals surface area contributed by atoms with Crippen molar-refractivity contribution in [1.82, 2.24) is 10.6 Å². The van der Waals surface area contributed by atoms with E-state index in [9.17, 15) is 19.2 Å². The first kappa shape index (κ1) is 13.5. The van der Waals surface area contributed by atoms with E-state index in [2.05, 4.69) is 11.9 Å². The first-order chi connectivity index (χ1) is 9.45. The summed E-state index contributed by atoms with van der Waals surface area (Å²) < 4.78 is 0. The van der Waals surface area contributed by atoms with Crippen LogP contribution in [0.1, 0.15) is 41.4 Å². The maximum Gasteiger partial charge on any atom is 0.336 e. The van der Waals surface area contributed by atoms with Crippen LogP contribution < -0.4 is 10.6 Å². The molecule has 20 heavy (non-hydrogen) atoms. The van der Waals surface area contributed by atoms with Crippen LogP contribution in [0.4, 0.5) is 0 Å². The van der Waals surface area contributed by atoms with E-state index in [0.717, 1.165) is 12.1 Å². The zero-order valence-corrected chi connectivity index (χ0v) is 10.2. The van der Waals surface area contributed by atoms with E-state index in [1.54, 1.807) is 0 Å². The second kappa shape index (κ2) is 4.96. The van der Waals surface area contributed by atoms with Crippen LogP contribution in [0.25, 0.3) is 0 Å². The van der Waals surface area contributed by atoms with Crippen molar-refractivity contribution in [2.24, 2.45) is 0 Å². The summed E-state index contributed by atoms with van der Waals surface area (Å²) in [5.41, 5.74) is -0.575. The van der Waals surface area contributed by atoms with E-state index in [1.165, 1.54) is 6.08 Å². The minimum atomic E-state index is -1.36. The van der Waals surface area contributed by atoms with Gasteiger partial charge in [-0.2, -0.15) is 0 Å². The Bertz CT molecular complexity index is 663. The normalized spacial score (nSPS) is 12.6. The van der Waals surface area contributed by atoms with Crippen LogP contribution >= 0.6 is 0 Å². The van der Waals surface area contributed by atoms with Crippen molar-refractivity contribution in [3.8, 4) is 0 Å². The standard InChI is InChI=1S/C13H10N2O5/c1-2-3-14-10(16)8-4-6-7(5-9(8)13(19)20)12(18)15-11(6)17/h2,4-5H,1,3H2,(H,14,16)(H,19,20)(H,15,17,18). The molecule has 0 saturated carbocycles. The van der Waals surface area contributed by atoms with Crippen molar-refractivity contribution in [2.45, 2.75) is 0 Å². The summed E-state index contributed by atoms with van der Waals surface area (Å²) in [6.07, 6.45) is 1.43. The number of carboxylic acids is 1. The number of benzene rings is 1. The summed E-state index contributed by atoms with van der Waals surface area (Å²) in [6.45, 7) is 3.58. The predicted molar refractivity (Wildman–Crippen MR) is 67.7 cm³/mol. The van der Waals surface area contributed by atoms with Gasteiger partial charge in [0.2, 0.25) is 0 Å². The fraction of sp³-hybridized carbons (Fsp3) is 0.0769. The number of imide groups is 1. The average Bonchev–Trinajstić information content (AvgIpc) is 2.69. The molecule has 1 heterocycles. The number of aromatic carboxylic acids is 1. The summed E-state index contributed by atoms with van der Waals surface area (Å²) >= 11 is 0. The summed E-state index contributed by atoms with van der Waals surface area (Å²) in [7, 11) is 0. The third kappa shape index (κ3) is 2.16. The minimum Gasteiger partial charge on any atom is -0.478 e. The topological polar surface area (TPSA) is 113 Å². The lowest BCUT2D eigenvalue weighted by Crippen LogP contribution is -2.26. The monoisotopic (exact) mass is 274 g/mol. The summed E-state index contributed by atoms with van der Waals surface area (Å²) in [5, 5.41) is 13.6. The number of nitrogens with one attached hydrogen (secondary N) is 2. The molecule has 102 valence electrons.